The monoisotopic (exact) mass is 584 g/mol. The van der Waals surface area contributed by atoms with E-state index in [1.165, 1.54) is 0 Å². The number of nitrogens with zero attached hydrogens (tertiary/aromatic N) is 5. The number of anilines is 2. The minimum Gasteiger partial charge on any atom is -0.504 e. The summed E-state index contributed by atoms with van der Waals surface area (Å²) in [7, 11) is 0. The quantitative estimate of drug-likeness (QED) is 0.234. The van der Waals surface area contributed by atoms with E-state index in [2.05, 4.69) is 10.2 Å². The highest BCUT2D eigenvalue weighted by Gasteiger charge is 2.41. The predicted molar refractivity (Wildman–Crippen MR) is 169 cm³/mol. The number of nitrogens with one attached hydrogen (secondary N) is 1. The third kappa shape index (κ3) is 4.14. The number of aromatic hydroxyl groups is 1. The van der Waals surface area contributed by atoms with Crippen LogP contribution in [-0.2, 0) is 0 Å². The Hall–Kier alpha value is -5.77. The smallest absolute Gasteiger partial charge is 0.231 e. The van der Waals surface area contributed by atoms with Crippen molar-refractivity contribution < 1.29 is 19.3 Å². The molecule has 8 rings (SSSR count). The molecule has 5 aromatic rings. The van der Waals surface area contributed by atoms with Crippen molar-refractivity contribution in [3.8, 4) is 28.7 Å². The molecule has 1 aromatic heterocycles. The first-order chi connectivity index (χ1) is 21.6. The molecule has 44 heavy (non-hydrogen) atoms. The summed E-state index contributed by atoms with van der Waals surface area (Å²) >= 11 is 0. The Labute approximate surface area is 253 Å². The molecule has 1 atom stereocenters. The van der Waals surface area contributed by atoms with E-state index >= 15 is 0 Å². The minimum absolute atomic E-state index is 0.0861. The lowest BCUT2D eigenvalue weighted by molar-refractivity contribution is 0.174. The fourth-order valence-electron chi connectivity index (χ4n) is 5.95. The number of para-hydroxylation sites is 3. The van der Waals surface area contributed by atoms with Crippen molar-refractivity contribution in [2.24, 2.45) is 9.98 Å². The third-order valence-electron chi connectivity index (χ3n) is 7.87. The normalized spacial score (nSPS) is 16.0. The second-order valence-electron chi connectivity index (χ2n) is 10.6. The summed E-state index contributed by atoms with van der Waals surface area (Å²) in [4.78, 5) is 12.5. The van der Waals surface area contributed by atoms with Gasteiger partial charge in [-0.3, -0.25) is 0 Å². The number of hydrogen-bond acceptors (Lipinski definition) is 9. The minimum atomic E-state index is -0.361. The Kier molecular flexibility index (Phi) is 6.00. The lowest BCUT2D eigenvalue weighted by Crippen LogP contribution is -2.46. The van der Waals surface area contributed by atoms with Gasteiger partial charge in [0, 0.05) is 17.3 Å². The van der Waals surface area contributed by atoms with Crippen LogP contribution >= 0.6 is 0 Å². The van der Waals surface area contributed by atoms with Crippen LogP contribution in [0.4, 0.5) is 22.9 Å². The van der Waals surface area contributed by atoms with Gasteiger partial charge in [-0.25, -0.2) is 14.7 Å². The van der Waals surface area contributed by atoms with E-state index in [4.69, 9.17) is 29.3 Å². The summed E-state index contributed by atoms with van der Waals surface area (Å²) in [6.07, 6.45) is 0. The summed E-state index contributed by atoms with van der Waals surface area (Å²) in [6, 6.07) is 28.8. The third-order valence-corrected chi connectivity index (χ3v) is 7.87. The molecule has 10 nitrogen and oxygen atoms in total. The molecule has 1 unspecified atom stereocenters. The van der Waals surface area contributed by atoms with Crippen molar-refractivity contribution in [2.45, 2.75) is 19.9 Å². The van der Waals surface area contributed by atoms with Crippen LogP contribution < -0.4 is 24.4 Å². The molecule has 0 spiro atoms. The number of aromatic nitrogens is 2. The molecule has 4 heterocycles. The first-order valence-electron chi connectivity index (χ1n) is 14.4. The highest BCUT2D eigenvalue weighted by atomic mass is 16.7. The van der Waals surface area contributed by atoms with Crippen LogP contribution in [0.15, 0.2) is 101 Å². The highest BCUT2D eigenvalue weighted by Crippen LogP contribution is 2.49. The Morgan fingerprint density at radius 3 is 2.61 bits per heavy atom. The first-order valence-corrected chi connectivity index (χ1v) is 14.4. The maximum Gasteiger partial charge on any atom is 0.231 e. The molecule has 0 amide bonds. The van der Waals surface area contributed by atoms with E-state index in [1.54, 1.807) is 6.07 Å². The SMILES string of the molecule is CCOc1cc(C2c3c(C)nn(-c4ccccc4)c3N=C3C(Nc4ccc5c(c4)OCO5)=Nc4ccccc4N32)ccc1O. The number of rotatable bonds is 5. The average Bonchev–Trinajstić information content (AvgIpc) is 3.65. The van der Waals surface area contributed by atoms with Crippen LogP contribution in [0, 0.1) is 6.92 Å². The molecule has 3 aliphatic rings. The Balaban J connectivity index is 1.36. The molecule has 218 valence electrons. The van der Waals surface area contributed by atoms with Crippen molar-refractivity contribution in [1.82, 2.24) is 9.78 Å². The molecule has 3 aliphatic heterocycles. The number of hydrogen-bond donors (Lipinski definition) is 2. The fourth-order valence-corrected chi connectivity index (χ4v) is 5.95. The fraction of sp³-hybridized carbons (Fsp3) is 0.147. The summed E-state index contributed by atoms with van der Waals surface area (Å²) < 4.78 is 18.9. The predicted octanol–water partition coefficient (Wildman–Crippen LogP) is 6.81. The van der Waals surface area contributed by atoms with Crippen LogP contribution in [-0.4, -0.2) is 40.0 Å². The van der Waals surface area contributed by atoms with Gasteiger partial charge in [-0.05, 0) is 67.9 Å². The van der Waals surface area contributed by atoms with E-state index < -0.39 is 0 Å². The zero-order valence-corrected chi connectivity index (χ0v) is 24.1. The van der Waals surface area contributed by atoms with E-state index in [9.17, 15) is 5.11 Å². The number of ether oxygens (including phenoxy) is 3. The zero-order valence-electron chi connectivity index (χ0n) is 24.1. The van der Waals surface area contributed by atoms with E-state index in [1.807, 2.05) is 103 Å². The Bertz CT molecular complexity index is 1980. The van der Waals surface area contributed by atoms with Crippen molar-refractivity contribution in [1.29, 1.82) is 0 Å². The zero-order chi connectivity index (χ0) is 29.8. The summed E-state index contributed by atoms with van der Waals surface area (Å²) in [5.41, 5.74) is 6.07. The topological polar surface area (TPSA) is 106 Å². The standard InChI is InChI=1S/C34H28N6O4/c1-3-42-28-17-21(13-15-26(28)41)31-30-20(2)38-40(23-9-5-4-6-10-23)33(30)37-34-32(36-24-11-7-8-12-25(24)39(31)34)35-22-14-16-27-29(18-22)44-19-43-27/h4-18,31,41H,3,19H2,1-2H3,(H,35,36). The number of amidine groups is 2. The van der Waals surface area contributed by atoms with Gasteiger partial charge in [-0.1, -0.05) is 36.4 Å². The molecule has 0 saturated carbocycles. The lowest BCUT2D eigenvalue weighted by atomic mass is 9.93. The number of aliphatic imine (C=N–C) groups is 2. The molecule has 10 heteroatoms. The van der Waals surface area contributed by atoms with Crippen molar-refractivity contribution in [2.75, 3.05) is 23.6 Å². The summed E-state index contributed by atoms with van der Waals surface area (Å²) in [5, 5.41) is 19.1. The van der Waals surface area contributed by atoms with Crippen LogP contribution in [0.1, 0.15) is 29.8 Å². The maximum absolute atomic E-state index is 10.6. The Morgan fingerprint density at radius 1 is 0.932 bits per heavy atom. The first kappa shape index (κ1) is 25.9. The van der Waals surface area contributed by atoms with Crippen molar-refractivity contribution >= 4 is 34.6 Å². The highest BCUT2D eigenvalue weighted by molar-refractivity contribution is 6.51. The molecule has 2 N–H and O–H groups in total. The van der Waals surface area contributed by atoms with E-state index in [-0.39, 0.29) is 18.6 Å². The molecule has 0 bridgehead atoms. The maximum atomic E-state index is 10.6. The number of aryl methyl sites for hydroxylation is 1. The molecular weight excluding hydrogens is 556 g/mol. The molecular formula is C34H28N6O4. The van der Waals surface area contributed by atoms with Gasteiger partial charge in [0.1, 0.15) is 0 Å². The number of phenols is 1. The van der Waals surface area contributed by atoms with Crippen molar-refractivity contribution in [3.05, 3.63) is 108 Å². The van der Waals surface area contributed by atoms with E-state index in [0.717, 1.165) is 39.6 Å². The van der Waals surface area contributed by atoms with Gasteiger partial charge in [0.2, 0.25) is 6.79 Å². The Morgan fingerprint density at radius 2 is 1.75 bits per heavy atom. The average molecular weight is 585 g/mol. The van der Waals surface area contributed by atoms with Gasteiger partial charge in [0.05, 0.1) is 35.4 Å². The molecule has 0 aliphatic carbocycles. The van der Waals surface area contributed by atoms with Gasteiger partial charge in [0.15, 0.2) is 40.5 Å². The van der Waals surface area contributed by atoms with Gasteiger partial charge in [0.25, 0.3) is 0 Å². The molecule has 0 radical (unpaired) electrons. The van der Waals surface area contributed by atoms with Gasteiger partial charge >= 0.3 is 0 Å². The van der Waals surface area contributed by atoms with E-state index in [0.29, 0.717) is 41.3 Å². The van der Waals surface area contributed by atoms with Crippen molar-refractivity contribution in [3.63, 3.8) is 0 Å². The second kappa shape index (κ2) is 10.2. The van der Waals surface area contributed by atoms with Gasteiger partial charge < -0.3 is 29.5 Å². The van der Waals surface area contributed by atoms with Crippen LogP contribution in [0.2, 0.25) is 0 Å². The molecule has 0 saturated heterocycles. The lowest BCUT2D eigenvalue weighted by Gasteiger charge is -2.40. The number of fused-ring (bicyclic) bond motifs is 5. The van der Waals surface area contributed by atoms with Gasteiger partial charge in [-0.2, -0.15) is 5.10 Å². The molecule has 4 aromatic carbocycles. The van der Waals surface area contributed by atoms with Crippen LogP contribution in [0.5, 0.6) is 23.0 Å². The van der Waals surface area contributed by atoms with Crippen LogP contribution in [0.25, 0.3) is 5.69 Å². The second-order valence-corrected chi connectivity index (χ2v) is 10.6. The summed E-state index contributed by atoms with van der Waals surface area (Å²) in [6.45, 7) is 4.52. The van der Waals surface area contributed by atoms with Gasteiger partial charge in [-0.15, -0.1) is 0 Å². The van der Waals surface area contributed by atoms with Crippen LogP contribution in [0.3, 0.4) is 0 Å². The molecule has 0 fully saturated rings. The number of phenolic OH excluding ortho intramolecular Hbond substituents is 1. The number of benzene rings is 4. The summed E-state index contributed by atoms with van der Waals surface area (Å²) in [5.74, 6) is 3.77. The largest absolute Gasteiger partial charge is 0.504 e.